The van der Waals surface area contributed by atoms with Gasteiger partial charge in [-0.05, 0) is 23.3 Å². The molecule has 0 unspecified atom stereocenters. The van der Waals surface area contributed by atoms with E-state index in [1.807, 2.05) is 0 Å². The number of Topliss-reactive ketones (excluding diaryl/α,β-unsaturated/α-hetero) is 1. The molecule has 6 nitrogen and oxygen atoms in total. The molecule has 4 rings (SSSR count). The summed E-state index contributed by atoms with van der Waals surface area (Å²) in [6.07, 6.45) is 0. The standard InChI is InChI=1S/C17H8O6/c18-13-7-22-17(21)14-9(2-1-3-11(13)14)8-4-5-10-12(6-8)16(20)23-15(10)19/h1-6H,7H2. The Morgan fingerprint density at radius 1 is 0.739 bits per heavy atom. The van der Waals surface area contributed by atoms with Crippen molar-refractivity contribution in [1.82, 2.24) is 0 Å². The van der Waals surface area contributed by atoms with Gasteiger partial charge in [-0.25, -0.2) is 14.4 Å². The van der Waals surface area contributed by atoms with Crippen molar-refractivity contribution < 1.29 is 28.7 Å². The average Bonchev–Trinajstić information content (AvgIpc) is 2.85. The third-order valence-corrected chi connectivity index (χ3v) is 3.86. The lowest BCUT2D eigenvalue weighted by atomic mass is 9.91. The first kappa shape index (κ1) is 13.4. The molecule has 0 bridgehead atoms. The number of benzene rings is 2. The van der Waals surface area contributed by atoms with Crippen LogP contribution >= 0.6 is 0 Å². The molecule has 0 saturated heterocycles. The second-order valence-electron chi connectivity index (χ2n) is 5.16. The summed E-state index contributed by atoms with van der Waals surface area (Å²) in [5, 5.41) is 0. The molecule has 0 amide bonds. The molecule has 2 aromatic rings. The Morgan fingerprint density at radius 3 is 2.30 bits per heavy atom. The number of hydrogen-bond donors (Lipinski definition) is 0. The molecule has 2 aliphatic heterocycles. The Balaban J connectivity index is 1.94. The number of cyclic esters (lactones) is 3. The monoisotopic (exact) mass is 308 g/mol. The molecule has 0 N–H and O–H groups in total. The van der Waals surface area contributed by atoms with Gasteiger partial charge in [-0.3, -0.25) is 4.79 Å². The van der Waals surface area contributed by atoms with E-state index in [2.05, 4.69) is 4.74 Å². The van der Waals surface area contributed by atoms with Crippen LogP contribution in [0.4, 0.5) is 0 Å². The lowest BCUT2D eigenvalue weighted by Crippen LogP contribution is -2.24. The molecule has 23 heavy (non-hydrogen) atoms. The van der Waals surface area contributed by atoms with Crippen LogP contribution < -0.4 is 0 Å². The molecule has 0 aromatic heterocycles. The van der Waals surface area contributed by atoms with Crippen molar-refractivity contribution in [2.45, 2.75) is 0 Å². The second-order valence-corrected chi connectivity index (χ2v) is 5.16. The summed E-state index contributed by atoms with van der Waals surface area (Å²) < 4.78 is 9.43. The van der Waals surface area contributed by atoms with Crippen LogP contribution in [-0.2, 0) is 9.47 Å². The van der Waals surface area contributed by atoms with E-state index in [0.29, 0.717) is 11.1 Å². The summed E-state index contributed by atoms with van der Waals surface area (Å²) in [6.45, 7) is -0.277. The minimum absolute atomic E-state index is 0.139. The average molecular weight is 308 g/mol. The first-order valence-electron chi connectivity index (χ1n) is 6.80. The molecular weight excluding hydrogens is 300 g/mol. The highest BCUT2D eigenvalue weighted by atomic mass is 16.6. The van der Waals surface area contributed by atoms with E-state index in [1.165, 1.54) is 12.1 Å². The van der Waals surface area contributed by atoms with Crippen molar-refractivity contribution in [1.29, 1.82) is 0 Å². The van der Waals surface area contributed by atoms with Gasteiger partial charge in [0, 0.05) is 5.56 Å². The van der Waals surface area contributed by atoms with E-state index >= 15 is 0 Å². The van der Waals surface area contributed by atoms with Crippen LogP contribution in [0.25, 0.3) is 11.1 Å². The third kappa shape index (κ3) is 1.88. The van der Waals surface area contributed by atoms with E-state index < -0.39 is 17.9 Å². The molecule has 6 heteroatoms. The maximum Gasteiger partial charge on any atom is 0.346 e. The zero-order valence-electron chi connectivity index (χ0n) is 11.6. The molecule has 0 saturated carbocycles. The van der Waals surface area contributed by atoms with Crippen molar-refractivity contribution in [3.8, 4) is 11.1 Å². The molecule has 0 atom stereocenters. The number of rotatable bonds is 1. The van der Waals surface area contributed by atoms with Crippen molar-refractivity contribution in [2.75, 3.05) is 6.61 Å². The molecule has 2 heterocycles. The Bertz CT molecular complexity index is 925. The Hall–Kier alpha value is -3.28. The second kappa shape index (κ2) is 4.61. The summed E-state index contributed by atoms with van der Waals surface area (Å²) in [5.41, 5.74) is 1.77. The largest absolute Gasteiger partial charge is 0.454 e. The highest BCUT2D eigenvalue weighted by Crippen LogP contribution is 2.32. The Kier molecular flexibility index (Phi) is 2.68. The topological polar surface area (TPSA) is 86.7 Å². The molecular formula is C17H8O6. The fourth-order valence-electron chi connectivity index (χ4n) is 2.78. The van der Waals surface area contributed by atoms with E-state index in [-0.39, 0.29) is 34.6 Å². The van der Waals surface area contributed by atoms with Crippen LogP contribution in [0.2, 0.25) is 0 Å². The lowest BCUT2D eigenvalue weighted by molar-refractivity contribution is 0.0437. The summed E-state index contributed by atoms with van der Waals surface area (Å²) >= 11 is 0. The fraction of sp³-hybridized carbons (Fsp3) is 0.0588. The minimum Gasteiger partial charge on any atom is -0.454 e. The van der Waals surface area contributed by atoms with Crippen LogP contribution in [0.1, 0.15) is 41.4 Å². The predicted octanol–water partition coefficient (Wildman–Crippen LogP) is 2.02. The van der Waals surface area contributed by atoms with Crippen molar-refractivity contribution in [2.24, 2.45) is 0 Å². The SMILES string of the molecule is O=C1OC(=O)c2cc(-c3cccc4c3C(=O)OCC4=O)ccc21. The van der Waals surface area contributed by atoms with Crippen molar-refractivity contribution in [3.63, 3.8) is 0 Å². The van der Waals surface area contributed by atoms with Gasteiger partial charge in [-0.15, -0.1) is 0 Å². The van der Waals surface area contributed by atoms with Gasteiger partial charge in [0.05, 0.1) is 16.7 Å². The molecule has 0 radical (unpaired) electrons. The number of carbonyl (C=O) groups is 4. The van der Waals surface area contributed by atoms with Crippen LogP contribution in [0, 0.1) is 0 Å². The maximum absolute atomic E-state index is 12.1. The maximum atomic E-state index is 12.1. The van der Waals surface area contributed by atoms with Gasteiger partial charge in [0.1, 0.15) is 0 Å². The predicted molar refractivity (Wildman–Crippen MR) is 76.2 cm³/mol. The fourth-order valence-corrected chi connectivity index (χ4v) is 2.78. The number of fused-ring (bicyclic) bond motifs is 2. The quantitative estimate of drug-likeness (QED) is 0.591. The zero-order chi connectivity index (χ0) is 16.1. The van der Waals surface area contributed by atoms with Gasteiger partial charge in [-0.2, -0.15) is 0 Å². The Morgan fingerprint density at radius 2 is 1.48 bits per heavy atom. The summed E-state index contributed by atoms with van der Waals surface area (Å²) in [7, 11) is 0. The van der Waals surface area contributed by atoms with Crippen LogP contribution in [0.15, 0.2) is 36.4 Å². The Labute approximate surface area is 129 Å². The van der Waals surface area contributed by atoms with E-state index in [0.717, 1.165) is 0 Å². The molecule has 0 fully saturated rings. The van der Waals surface area contributed by atoms with Gasteiger partial charge in [-0.1, -0.05) is 24.3 Å². The number of hydrogen-bond acceptors (Lipinski definition) is 6. The summed E-state index contributed by atoms with van der Waals surface area (Å²) in [4.78, 5) is 47.1. The van der Waals surface area contributed by atoms with E-state index in [4.69, 9.17) is 4.74 Å². The zero-order valence-corrected chi connectivity index (χ0v) is 11.6. The molecule has 0 spiro atoms. The number of carbonyl (C=O) groups excluding carboxylic acids is 4. The third-order valence-electron chi connectivity index (χ3n) is 3.86. The number of ketones is 1. The smallest absolute Gasteiger partial charge is 0.346 e. The first-order valence-corrected chi connectivity index (χ1v) is 6.80. The minimum atomic E-state index is -0.727. The van der Waals surface area contributed by atoms with Crippen LogP contribution in [0.5, 0.6) is 0 Å². The van der Waals surface area contributed by atoms with Crippen LogP contribution in [-0.4, -0.2) is 30.3 Å². The highest BCUT2D eigenvalue weighted by Gasteiger charge is 2.32. The number of esters is 3. The van der Waals surface area contributed by atoms with Gasteiger partial charge >= 0.3 is 17.9 Å². The van der Waals surface area contributed by atoms with Crippen molar-refractivity contribution in [3.05, 3.63) is 58.7 Å². The van der Waals surface area contributed by atoms with Gasteiger partial charge in [0.2, 0.25) is 5.78 Å². The summed E-state index contributed by atoms with van der Waals surface area (Å²) in [5.74, 6) is -2.29. The van der Waals surface area contributed by atoms with Gasteiger partial charge in [0.25, 0.3) is 0 Å². The van der Waals surface area contributed by atoms with E-state index in [1.54, 1.807) is 24.3 Å². The normalized spacial score (nSPS) is 15.8. The van der Waals surface area contributed by atoms with Crippen molar-refractivity contribution >= 4 is 23.7 Å². The molecule has 0 aliphatic carbocycles. The van der Waals surface area contributed by atoms with Gasteiger partial charge < -0.3 is 9.47 Å². The lowest BCUT2D eigenvalue weighted by Gasteiger charge is -2.18. The molecule has 112 valence electrons. The van der Waals surface area contributed by atoms with Crippen LogP contribution in [0.3, 0.4) is 0 Å². The summed E-state index contributed by atoms with van der Waals surface area (Å²) in [6, 6.07) is 9.41. The molecule has 2 aliphatic rings. The highest BCUT2D eigenvalue weighted by molar-refractivity contribution is 6.16. The van der Waals surface area contributed by atoms with E-state index in [9.17, 15) is 19.2 Å². The number of ether oxygens (including phenoxy) is 2. The first-order chi connectivity index (χ1) is 11.1. The van der Waals surface area contributed by atoms with Gasteiger partial charge in [0.15, 0.2) is 6.61 Å². The molecule has 2 aromatic carbocycles.